The number of benzene rings is 1. The molecule has 1 heterocycles. The van der Waals surface area contributed by atoms with Gasteiger partial charge in [0.15, 0.2) is 0 Å². The molecule has 1 aliphatic rings. The smallest absolute Gasteiger partial charge is 0.329 e. The quantitative estimate of drug-likeness (QED) is 0.840. The van der Waals surface area contributed by atoms with Gasteiger partial charge in [0, 0.05) is 19.1 Å². The second kappa shape index (κ2) is 6.69. The number of sulfonamides is 1. The van der Waals surface area contributed by atoms with Crippen molar-refractivity contribution in [1.29, 1.82) is 0 Å². The van der Waals surface area contributed by atoms with Crippen LogP contribution in [0.1, 0.15) is 18.4 Å². The van der Waals surface area contributed by atoms with Gasteiger partial charge in [0.05, 0.1) is 10.5 Å². The molecule has 0 aromatic heterocycles. The van der Waals surface area contributed by atoms with Crippen LogP contribution >= 0.6 is 12.4 Å². The molecule has 4 nitrogen and oxygen atoms in total. The fraction of sp³-hybridized carbons (Fsp3) is 0.500. The predicted molar refractivity (Wildman–Crippen MR) is 74.6 cm³/mol. The van der Waals surface area contributed by atoms with Gasteiger partial charge in [-0.25, -0.2) is 12.8 Å². The van der Waals surface area contributed by atoms with Crippen molar-refractivity contribution in [2.75, 3.05) is 13.1 Å². The van der Waals surface area contributed by atoms with Gasteiger partial charge in [0.1, 0.15) is 5.82 Å². The molecule has 2 rings (SSSR count). The molecule has 1 fully saturated rings. The third-order valence-corrected chi connectivity index (χ3v) is 5.39. The van der Waals surface area contributed by atoms with Crippen LogP contribution in [0.25, 0.3) is 0 Å². The lowest BCUT2D eigenvalue weighted by Gasteiger charge is -2.23. The van der Waals surface area contributed by atoms with Gasteiger partial charge in [0.25, 0.3) is 0 Å². The zero-order chi connectivity index (χ0) is 15.8. The van der Waals surface area contributed by atoms with Gasteiger partial charge in [0.2, 0.25) is 10.0 Å². The summed E-state index contributed by atoms with van der Waals surface area (Å²) >= 11 is 0. The summed E-state index contributed by atoms with van der Waals surface area (Å²) in [6.07, 6.45) is -3.80. The molecule has 0 radical (unpaired) electrons. The lowest BCUT2D eigenvalue weighted by Crippen LogP contribution is -2.39. The molecule has 0 spiro atoms. The van der Waals surface area contributed by atoms with Crippen LogP contribution in [0.3, 0.4) is 0 Å². The van der Waals surface area contributed by atoms with Gasteiger partial charge in [-0.05, 0) is 31.0 Å². The number of nitrogens with zero attached hydrogens (tertiary/aromatic N) is 1. The topological polar surface area (TPSA) is 63.4 Å². The molecule has 0 aliphatic carbocycles. The van der Waals surface area contributed by atoms with Crippen molar-refractivity contribution in [2.24, 2.45) is 5.73 Å². The van der Waals surface area contributed by atoms with Crippen molar-refractivity contribution >= 4 is 22.4 Å². The highest BCUT2D eigenvalue weighted by Gasteiger charge is 2.38. The summed E-state index contributed by atoms with van der Waals surface area (Å²) in [6.45, 7) is 0.287. The summed E-state index contributed by atoms with van der Waals surface area (Å²) in [5, 5.41) is 0. The third kappa shape index (κ3) is 3.53. The van der Waals surface area contributed by atoms with Crippen molar-refractivity contribution in [3.8, 4) is 0 Å². The molecule has 10 heteroatoms. The van der Waals surface area contributed by atoms with Crippen molar-refractivity contribution < 1.29 is 26.0 Å². The minimum atomic E-state index is -4.95. The van der Waals surface area contributed by atoms with Crippen molar-refractivity contribution in [3.63, 3.8) is 0 Å². The molecule has 1 atom stereocenters. The van der Waals surface area contributed by atoms with E-state index < -0.39 is 38.5 Å². The average Bonchev–Trinajstić information content (AvgIpc) is 2.86. The van der Waals surface area contributed by atoms with Crippen molar-refractivity contribution in [3.05, 3.63) is 29.6 Å². The lowest BCUT2D eigenvalue weighted by molar-refractivity contribution is -0.140. The maximum atomic E-state index is 13.2. The number of halogens is 5. The summed E-state index contributed by atoms with van der Waals surface area (Å²) in [4.78, 5) is -0.573. The van der Waals surface area contributed by atoms with Crippen molar-refractivity contribution in [2.45, 2.75) is 30.0 Å². The molecule has 0 saturated carbocycles. The molecule has 0 bridgehead atoms. The van der Waals surface area contributed by atoms with Gasteiger partial charge in [-0.2, -0.15) is 17.5 Å². The number of rotatable bonds is 3. The summed E-state index contributed by atoms with van der Waals surface area (Å²) in [5.74, 6) is -1.50. The van der Waals surface area contributed by atoms with E-state index in [0.29, 0.717) is 25.0 Å². The van der Waals surface area contributed by atoms with Gasteiger partial charge in [-0.15, -0.1) is 12.4 Å². The molecule has 0 amide bonds. The standard InChI is InChI=1S/C12H14F4N2O2S.ClH/c13-11-4-3-9(6-10(11)12(14,15)16)21(19,20)18-5-1-2-8(18)7-17;/h3-4,6,8H,1-2,5,7,17H2;1H. The van der Waals surface area contributed by atoms with Crippen LogP contribution in [0, 0.1) is 5.82 Å². The monoisotopic (exact) mass is 362 g/mol. The van der Waals surface area contributed by atoms with Crippen LogP contribution < -0.4 is 5.73 Å². The Morgan fingerprint density at radius 3 is 2.50 bits per heavy atom. The van der Waals surface area contributed by atoms with E-state index in [1.54, 1.807) is 0 Å². The molecule has 22 heavy (non-hydrogen) atoms. The Morgan fingerprint density at radius 1 is 1.32 bits per heavy atom. The molecule has 1 aromatic carbocycles. The van der Waals surface area contributed by atoms with E-state index >= 15 is 0 Å². The van der Waals surface area contributed by atoms with E-state index in [0.717, 1.165) is 10.4 Å². The number of alkyl halides is 3. The minimum absolute atomic E-state index is 0. The van der Waals surface area contributed by atoms with E-state index in [-0.39, 0.29) is 25.5 Å². The highest BCUT2D eigenvalue weighted by molar-refractivity contribution is 7.89. The van der Waals surface area contributed by atoms with Gasteiger partial charge in [-0.3, -0.25) is 0 Å². The minimum Gasteiger partial charge on any atom is -0.329 e. The molecule has 1 unspecified atom stereocenters. The zero-order valence-electron chi connectivity index (χ0n) is 11.3. The van der Waals surface area contributed by atoms with Crippen LogP contribution in [-0.2, 0) is 16.2 Å². The first-order valence-corrected chi connectivity index (χ1v) is 7.70. The molecule has 126 valence electrons. The second-order valence-corrected chi connectivity index (χ2v) is 6.68. The first kappa shape index (κ1) is 19.1. The average molecular weight is 363 g/mol. The Labute approximate surface area is 131 Å². The molecular weight excluding hydrogens is 348 g/mol. The van der Waals surface area contributed by atoms with Crippen LogP contribution in [0.5, 0.6) is 0 Å². The number of hydrogen-bond acceptors (Lipinski definition) is 3. The van der Waals surface area contributed by atoms with Crippen LogP contribution in [0.2, 0.25) is 0 Å². The van der Waals surface area contributed by atoms with E-state index in [9.17, 15) is 26.0 Å². The van der Waals surface area contributed by atoms with Crippen LogP contribution in [0.15, 0.2) is 23.1 Å². The predicted octanol–water partition coefficient (Wildman–Crippen LogP) is 2.38. The first-order chi connectivity index (χ1) is 9.67. The van der Waals surface area contributed by atoms with E-state index in [4.69, 9.17) is 5.73 Å². The Balaban J connectivity index is 0.00000242. The van der Waals surface area contributed by atoms with Crippen LogP contribution in [-0.4, -0.2) is 31.9 Å². The Morgan fingerprint density at radius 2 is 1.95 bits per heavy atom. The number of nitrogens with two attached hydrogens (primary N) is 1. The van der Waals surface area contributed by atoms with E-state index in [1.165, 1.54) is 0 Å². The summed E-state index contributed by atoms with van der Waals surface area (Å²) < 4.78 is 77.1. The highest BCUT2D eigenvalue weighted by atomic mass is 35.5. The maximum absolute atomic E-state index is 13.2. The third-order valence-electron chi connectivity index (χ3n) is 3.45. The normalized spacial score (nSPS) is 20.0. The lowest BCUT2D eigenvalue weighted by atomic mass is 10.2. The molecular formula is C12H15ClF4N2O2S. The van der Waals surface area contributed by atoms with Gasteiger partial charge in [-0.1, -0.05) is 0 Å². The number of hydrogen-bond donors (Lipinski definition) is 1. The van der Waals surface area contributed by atoms with Crippen LogP contribution in [0.4, 0.5) is 17.6 Å². The summed E-state index contributed by atoms with van der Waals surface area (Å²) in [5.41, 5.74) is 3.89. The highest BCUT2D eigenvalue weighted by Crippen LogP contribution is 2.34. The maximum Gasteiger partial charge on any atom is 0.419 e. The van der Waals surface area contributed by atoms with Gasteiger partial charge < -0.3 is 5.73 Å². The Kier molecular flexibility index (Phi) is 5.82. The Hall–Kier alpha value is -0.900. The largest absolute Gasteiger partial charge is 0.419 e. The molecule has 1 saturated heterocycles. The molecule has 2 N–H and O–H groups in total. The van der Waals surface area contributed by atoms with Crippen molar-refractivity contribution in [1.82, 2.24) is 4.31 Å². The van der Waals surface area contributed by atoms with Gasteiger partial charge >= 0.3 is 6.18 Å². The zero-order valence-corrected chi connectivity index (χ0v) is 12.9. The molecule has 1 aliphatic heterocycles. The molecule has 1 aromatic rings. The SMILES string of the molecule is Cl.NCC1CCCN1S(=O)(=O)c1ccc(F)c(C(F)(F)F)c1. The Bertz CT molecular complexity index is 637. The second-order valence-electron chi connectivity index (χ2n) is 4.79. The summed E-state index contributed by atoms with van der Waals surface area (Å²) in [6, 6.07) is 1.25. The van der Waals surface area contributed by atoms with E-state index in [2.05, 4.69) is 0 Å². The fourth-order valence-electron chi connectivity index (χ4n) is 2.38. The first-order valence-electron chi connectivity index (χ1n) is 6.26. The fourth-order valence-corrected chi connectivity index (χ4v) is 4.11. The van der Waals surface area contributed by atoms with E-state index in [1.807, 2.05) is 0 Å². The summed E-state index contributed by atoms with van der Waals surface area (Å²) in [7, 11) is -4.11.